The smallest absolute Gasteiger partial charge is 0.107 e. The first-order valence-electron chi connectivity index (χ1n) is 3.68. The van der Waals surface area contributed by atoms with Crippen LogP contribution in [0.5, 0.6) is 0 Å². The van der Waals surface area contributed by atoms with E-state index in [2.05, 4.69) is 0 Å². The van der Waals surface area contributed by atoms with Gasteiger partial charge in [0.1, 0.15) is 6.10 Å². The molecule has 0 amide bonds. The highest BCUT2D eigenvalue weighted by atomic mass is 35.5. The highest BCUT2D eigenvalue weighted by Crippen LogP contribution is 2.27. The molecule has 0 fully saturated rings. The van der Waals surface area contributed by atoms with Gasteiger partial charge in [0, 0.05) is 4.88 Å². The van der Waals surface area contributed by atoms with E-state index < -0.39 is 6.10 Å². The van der Waals surface area contributed by atoms with E-state index in [0.717, 1.165) is 10.5 Å². The number of allylic oxidation sites excluding steroid dienone is 1. The van der Waals surface area contributed by atoms with Crippen molar-refractivity contribution in [1.82, 2.24) is 0 Å². The summed E-state index contributed by atoms with van der Waals surface area (Å²) < 4.78 is 0.714. The Morgan fingerprint density at radius 1 is 1.58 bits per heavy atom. The number of hydrogen-bond donors (Lipinski definition) is 1. The van der Waals surface area contributed by atoms with Crippen molar-refractivity contribution in [2.45, 2.75) is 20.0 Å². The average Bonchev–Trinajstić information content (AvgIpc) is 2.34. The van der Waals surface area contributed by atoms with Gasteiger partial charge in [0.2, 0.25) is 0 Å². The number of hydrogen-bond acceptors (Lipinski definition) is 2. The van der Waals surface area contributed by atoms with Crippen LogP contribution in [0.1, 0.15) is 24.8 Å². The molecule has 0 aliphatic heterocycles. The van der Waals surface area contributed by atoms with E-state index in [-0.39, 0.29) is 0 Å². The lowest BCUT2D eigenvalue weighted by molar-refractivity contribution is 0.231. The molecule has 1 nitrogen and oxygen atoms in total. The second-order valence-corrected chi connectivity index (χ2v) is 4.58. The van der Waals surface area contributed by atoms with Gasteiger partial charge >= 0.3 is 0 Å². The fourth-order valence-corrected chi connectivity index (χ4v) is 1.90. The Bertz CT molecular complexity index is 286. The largest absolute Gasteiger partial charge is 0.383 e. The predicted octanol–water partition coefficient (Wildman–Crippen LogP) is 3.40. The average molecular weight is 203 g/mol. The van der Waals surface area contributed by atoms with Gasteiger partial charge in [-0.1, -0.05) is 23.3 Å². The molecule has 1 aromatic heterocycles. The second kappa shape index (κ2) is 4.08. The first-order valence-corrected chi connectivity index (χ1v) is 4.87. The van der Waals surface area contributed by atoms with Crippen molar-refractivity contribution in [3.05, 3.63) is 33.0 Å². The summed E-state index contributed by atoms with van der Waals surface area (Å²) in [6.45, 7) is 3.91. The van der Waals surface area contributed by atoms with Gasteiger partial charge in [-0.15, -0.1) is 11.3 Å². The Morgan fingerprint density at radius 3 is 2.67 bits per heavy atom. The zero-order valence-corrected chi connectivity index (χ0v) is 8.62. The molecule has 0 radical (unpaired) electrons. The third kappa shape index (κ3) is 2.63. The van der Waals surface area contributed by atoms with Crippen molar-refractivity contribution in [3.63, 3.8) is 0 Å². The van der Waals surface area contributed by atoms with Crippen molar-refractivity contribution in [2.75, 3.05) is 0 Å². The van der Waals surface area contributed by atoms with Crippen LogP contribution in [-0.2, 0) is 0 Å². The molecule has 0 aromatic carbocycles. The van der Waals surface area contributed by atoms with Crippen LogP contribution in [0.25, 0.3) is 0 Å². The number of rotatable bonds is 2. The molecule has 1 aromatic rings. The molecule has 0 bridgehead atoms. The number of halogens is 1. The Labute approximate surface area is 81.3 Å². The van der Waals surface area contributed by atoms with Crippen molar-refractivity contribution in [3.8, 4) is 0 Å². The molecule has 1 heterocycles. The SMILES string of the molecule is CC(C)=CC(O)c1ccc(Cl)s1. The summed E-state index contributed by atoms with van der Waals surface area (Å²) >= 11 is 7.14. The third-order valence-corrected chi connectivity index (χ3v) is 2.68. The molecular weight excluding hydrogens is 192 g/mol. The summed E-state index contributed by atoms with van der Waals surface area (Å²) in [6.07, 6.45) is 1.30. The van der Waals surface area contributed by atoms with Gasteiger partial charge in [-0.05, 0) is 26.0 Å². The molecule has 1 rings (SSSR count). The molecule has 66 valence electrons. The zero-order chi connectivity index (χ0) is 9.14. The summed E-state index contributed by atoms with van der Waals surface area (Å²) in [5.41, 5.74) is 1.10. The molecule has 1 unspecified atom stereocenters. The van der Waals surface area contributed by atoms with E-state index in [1.165, 1.54) is 11.3 Å². The van der Waals surface area contributed by atoms with E-state index in [9.17, 15) is 5.11 Å². The second-order valence-electron chi connectivity index (χ2n) is 2.83. The van der Waals surface area contributed by atoms with Gasteiger partial charge < -0.3 is 5.11 Å². The van der Waals surface area contributed by atoms with Crippen LogP contribution < -0.4 is 0 Å². The lowest BCUT2D eigenvalue weighted by Gasteiger charge is -2.01. The summed E-state index contributed by atoms with van der Waals surface area (Å²) in [4.78, 5) is 0.890. The maximum Gasteiger partial charge on any atom is 0.107 e. The van der Waals surface area contributed by atoms with Gasteiger partial charge in [0.25, 0.3) is 0 Å². The Hall–Kier alpha value is -0.310. The van der Waals surface area contributed by atoms with Gasteiger partial charge in [-0.25, -0.2) is 0 Å². The van der Waals surface area contributed by atoms with Crippen molar-refractivity contribution < 1.29 is 5.11 Å². The molecule has 0 aliphatic rings. The van der Waals surface area contributed by atoms with Crippen molar-refractivity contribution >= 4 is 22.9 Å². The minimum Gasteiger partial charge on any atom is -0.383 e. The van der Waals surface area contributed by atoms with Crippen LogP contribution in [0.3, 0.4) is 0 Å². The maximum atomic E-state index is 9.58. The van der Waals surface area contributed by atoms with E-state index in [1.54, 1.807) is 6.07 Å². The fourth-order valence-electron chi connectivity index (χ4n) is 0.885. The van der Waals surface area contributed by atoms with Crippen LogP contribution >= 0.6 is 22.9 Å². The van der Waals surface area contributed by atoms with Crippen molar-refractivity contribution in [2.24, 2.45) is 0 Å². The Morgan fingerprint density at radius 2 is 2.25 bits per heavy atom. The Kier molecular flexibility index (Phi) is 3.32. The molecular formula is C9H11ClOS. The number of thiophene rings is 1. The molecule has 0 aliphatic carbocycles. The van der Waals surface area contributed by atoms with Crippen LogP contribution in [0.4, 0.5) is 0 Å². The maximum absolute atomic E-state index is 9.58. The molecule has 0 spiro atoms. The van der Waals surface area contributed by atoms with E-state index >= 15 is 0 Å². The van der Waals surface area contributed by atoms with E-state index in [0.29, 0.717) is 4.34 Å². The monoisotopic (exact) mass is 202 g/mol. The summed E-state index contributed by atoms with van der Waals surface area (Å²) in [5.74, 6) is 0. The van der Waals surface area contributed by atoms with E-state index in [1.807, 2.05) is 26.0 Å². The first-order chi connectivity index (χ1) is 5.59. The summed E-state index contributed by atoms with van der Waals surface area (Å²) in [6, 6.07) is 3.64. The van der Waals surface area contributed by atoms with Crippen LogP contribution in [-0.4, -0.2) is 5.11 Å². The minimum absolute atomic E-state index is 0.507. The van der Waals surface area contributed by atoms with Crippen LogP contribution in [0, 0.1) is 0 Å². The molecule has 12 heavy (non-hydrogen) atoms. The predicted molar refractivity (Wildman–Crippen MR) is 53.7 cm³/mol. The van der Waals surface area contributed by atoms with Gasteiger partial charge in [-0.3, -0.25) is 0 Å². The Balaban J connectivity index is 2.78. The molecule has 1 N–H and O–H groups in total. The highest BCUT2D eigenvalue weighted by Gasteiger charge is 2.06. The summed E-state index contributed by atoms with van der Waals surface area (Å²) in [7, 11) is 0. The van der Waals surface area contributed by atoms with Gasteiger partial charge in [0.15, 0.2) is 0 Å². The lowest BCUT2D eigenvalue weighted by atomic mass is 10.2. The van der Waals surface area contributed by atoms with Crippen LogP contribution in [0.2, 0.25) is 4.34 Å². The quantitative estimate of drug-likeness (QED) is 0.729. The first kappa shape index (κ1) is 9.78. The number of aliphatic hydroxyl groups is 1. The minimum atomic E-state index is -0.507. The van der Waals surface area contributed by atoms with Crippen molar-refractivity contribution in [1.29, 1.82) is 0 Å². The highest BCUT2D eigenvalue weighted by molar-refractivity contribution is 7.16. The summed E-state index contributed by atoms with van der Waals surface area (Å²) in [5, 5.41) is 9.58. The normalized spacial score (nSPS) is 12.7. The molecule has 1 atom stereocenters. The molecule has 0 saturated carbocycles. The zero-order valence-electron chi connectivity index (χ0n) is 7.04. The van der Waals surface area contributed by atoms with E-state index in [4.69, 9.17) is 11.6 Å². The standard InChI is InChI=1S/C9H11ClOS/c1-6(2)5-7(11)8-3-4-9(10)12-8/h3-5,7,11H,1-2H3. The fraction of sp³-hybridized carbons (Fsp3) is 0.333. The topological polar surface area (TPSA) is 20.2 Å². The third-order valence-electron chi connectivity index (χ3n) is 1.38. The van der Waals surface area contributed by atoms with Gasteiger partial charge in [-0.2, -0.15) is 0 Å². The molecule has 3 heteroatoms. The lowest BCUT2D eigenvalue weighted by Crippen LogP contribution is -1.88. The van der Waals surface area contributed by atoms with Crippen LogP contribution in [0.15, 0.2) is 23.8 Å². The van der Waals surface area contributed by atoms with Gasteiger partial charge in [0.05, 0.1) is 4.34 Å². The molecule has 0 saturated heterocycles. The number of aliphatic hydroxyl groups excluding tert-OH is 1.